The number of piperidine rings is 1. The average Bonchev–Trinajstić information content (AvgIpc) is 2.99. The molecule has 0 unspecified atom stereocenters. The third kappa shape index (κ3) is 3.34. The summed E-state index contributed by atoms with van der Waals surface area (Å²) in [6.45, 7) is 0.447. The van der Waals surface area contributed by atoms with E-state index in [1.54, 1.807) is 16.4 Å². The van der Waals surface area contributed by atoms with Crippen molar-refractivity contribution in [3.05, 3.63) is 87.7 Å². The maximum absolute atomic E-state index is 13.4. The summed E-state index contributed by atoms with van der Waals surface area (Å²) in [7, 11) is -3.75. The molecule has 1 saturated heterocycles. The molecular formula is C23H18Cl2FNO2S. The summed E-state index contributed by atoms with van der Waals surface area (Å²) in [6, 6.07) is 16.7. The standard InChI is InChI=1S/C23H18Cl2FNO2S/c24-17-11-18(25)13-20(12-17)30(28,29)27-8-7-16-10-23(27)22-9-15(3-6-21(16)22)14-1-4-19(26)5-2-14/h1-6,9,11-13,16,23H,7-8,10H2/t16-,23-/m1/s1. The van der Waals surface area contributed by atoms with E-state index < -0.39 is 10.0 Å². The van der Waals surface area contributed by atoms with E-state index in [9.17, 15) is 12.8 Å². The Balaban J connectivity index is 1.56. The van der Waals surface area contributed by atoms with E-state index in [0.29, 0.717) is 22.5 Å². The van der Waals surface area contributed by atoms with E-state index in [1.165, 1.54) is 35.9 Å². The first kappa shape index (κ1) is 20.0. The molecule has 154 valence electrons. The highest BCUT2D eigenvalue weighted by atomic mass is 35.5. The zero-order chi connectivity index (χ0) is 21.0. The van der Waals surface area contributed by atoms with Gasteiger partial charge in [-0.1, -0.05) is 47.5 Å². The Morgan fingerprint density at radius 1 is 0.867 bits per heavy atom. The Kier molecular flexibility index (Phi) is 4.90. The van der Waals surface area contributed by atoms with Crippen molar-refractivity contribution < 1.29 is 12.8 Å². The van der Waals surface area contributed by atoms with Gasteiger partial charge in [-0.15, -0.1) is 0 Å². The lowest BCUT2D eigenvalue weighted by Crippen LogP contribution is -2.37. The van der Waals surface area contributed by atoms with Gasteiger partial charge in [0.15, 0.2) is 0 Å². The lowest BCUT2D eigenvalue weighted by atomic mass is 9.95. The summed E-state index contributed by atoms with van der Waals surface area (Å²) in [6.07, 6.45) is 1.53. The fourth-order valence-corrected chi connectivity index (χ4v) is 7.02. The Hall–Kier alpha value is -1.92. The van der Waals surface area contributed by atoms with Crippen LogP contribution in [0, 0.1) is 5.82 Å². The number of benzene rings is 3. The largest absolute Gasteiger partial charge is 0.243 e. The van der Waals surface area contributed by atoms with Gasteiger partial charge in [0.25, 0.3) is 0 Å². The number of nitrogens with zero attached hydrogens (tertiary/aromatic N) is 1. The molecule has 7 heteroatoms. The Labute approximate surface area is 185 Å². The van der Waals surface area contributed by atoms with E-state index in [0.717, 1.165) is 29.5 Å². The molecule has 2 bridgehead atoms. The molecule has 1 fully saturated rings. The Morgan fingerprint density at radius 2 is 1.53 bits per heavy atom. The summed E-state index contributed by atoms with van der Waals surface area (Å²) in [5, 5.41) is 0.586. The van der Waals surface area contributed by atoms with E-state index in [4.69, 9.17) is 23.2 Å². The van der Waals surface area contributed by atoms with Crippen molar-refractivity contribution in [1.82, 2.24) is 4.31 Å². The maximum atomic E-state index is 13.4. The molecule has 2 aliphatic rings. The van der Waals surface area contributed by atoms with Gasteiger partial charge in [0.2, 0.25) is 10.0 Å². The van der Waals surface area contributed by atoms with Crippen molar-refractivity contribution in [1.29, 1.82) is 0 Å². The average molecular weight is 462 g/mol. The predicted octanol–water partition coefficient (Wildman–Crippen LogP) is 6.42. The van der Waals surface area contributed by atoms with Crippen LogP contribution < -0.4 is 0 Å². The van der Waals surface area contributed by atoms with Crippen molar-refractivity contribution in [2.24, 2.45) is 0 Å². The van der Waals surface area contributed by atoms with E-state index in [-0.39, 0.29) is 16.8 Å². The SMILES string of the molecule is O=S(=O)(c1cc(Cl)cc(Cl)c1)N1CC[C@@H]2C[C@@H]1c1cc(-c3ccc(F)cc3)ccc12. The van der Waals surface area contributed by atoms with Crippen LogP contribution in [0.2, 0.25) is 10.0 Å². The molecule has 30 heavy (non-hydrogen) atoms. The van der Waals surface area contributed by atoms with Crippen LogP contribution in [0.3, 0.4) is 0 Å². The lowest BCUT2D eigenvalue weighted by molar-refractivity contribution is 0.259. The zero-order valence-electron chi connectivity index (χ0n) is 15.9. The number of hydrogen-bond donors (Lipinski definition) is 0. The Bertz CT molecular complexity index is 1220. The molecule has 0 radical (unpaired) electrons. The van der Waals surface area contributed by atoms with Gasteiger partial charge in [-0.25, -0.2) is 12.8 Å². The monoisotopic (exact) mass is 461 g/mol. The minimum absolute atomic E-state index is 0.113. The molecule has 0 spiro atoms. The molecule has 0 N–H and O–H groups in total. The molecule has 1 aliphatic carbocycles. The highest BCUT2D eigenvalue weighted by Crippen LogP contribution is 2.51. The van der Waals surface area contributed by atoms with Crippen LogP contribution in [0.5, 0.6) is 0 Å². The van der Waals surface area contributed by atoms with Gasteiger partial charge in [-0.05, 0) is 77.4 Å². The molecule has 3 aromatic rings. The fourth-order valence-electron chi connectivity index (χ4n) is 4.67. The van der Waals surface area contributed by atoms with Gasteiger partial charge in [0, 0.05) is 16.6 Å². The van der Waals surface area contributed by atoms with Gasteiger partial charge < -0.3 is 0 Å². The molecule has 1 aliphatic heterocycles. The van der Waals surface area contributed by atoms with Crippen LogP contribution in [0.1, 0.15) is 35.9 Å². The molecule has 5 rings (SSSR count). The second-order valence-electron chi connectivity index (χ2n) is 7.81. The molecule has 3 nitrogen and oxygen atoms in total. The van der Waals surface area contributed by atoms with Crippen LogP contribution in [0.25, 0.3) is 11.1 Å². The van der Waals surface area contributed by atoms with Crippen LogP contribution >= 0.6 is 23.2 Å². The van der Waals surface area contributed by atoms with Gasteiger partial charge in [0.1, 0.15) is 5.82 Å². The smallest absolute Gasteiger partial charge is 0.207 e. The van der Waals surface area contributed by atoms with E-state index >= 15 is 0 Å². The molecule has 0 saturated carbocycles. The number of halogens is 3. The first-order valence-electron chi connectivity index (χ1n) is 9.70. The topological polar surface area (TPSA) is 37.4 Å². The molecule has 2 atom stereocenters. The van der Waals surface area contributed by atoms with Gasteiger partial charge >= 0.3 is 0 Å². The van der Waals surface area contributed by atoms with Crippen molar-refractivity contribution in [2.45, 2.75) is 29.7 Å². The predicted molar refractivity (Wildman–Crippen MR) is 117 cm³/mol. The third-order valence-electron chi connectivity index (χ3n) is 6.06. The summed E-state index contributed by atoms with van der Waals surface area (Å²) in [5.74, 6) is 0.0647. The van der Waals surface area contributed by atoms with Crippen molar-refractivity contribution in [3.8, 4) is 11.1 Å². The molecule has 0 amide bonds. The second kappa shape index (κ2) is 7.34. The number of rotatable bonds is 3. The van der Waals surface area contributed by atoms with Gasteiger partial charge in [-0.3, -0.25) is 0 Å². The van der Waals surface area contributed by atoms with Gasteiger partial charge in [-0.2, -0.15) is 4.31 Å². The lowest BCUT2D eigenvalue weighted by Gasteiger charge is -2.32. The molecule has 0 aromatic heterocycles. The van der Waals surface area contributed by atoms with Crippen molar-refractivity contribution in [3.63, 3.8) is 0 Å². The van der Waals surface area contributed by atoms with Crippen molar-refractivity contribution >= 4 is 33.2 Å². The van der Waals surface area contributed by atoms with Crippen LogP contribution in [-0.2, 0) is 10.0 Å². The first-order chi connectivity index (χ1) is 14.3. The van der Waals surface area contributed by atoms with Crippen LogP contribution in [0.15, 0.2) is 65.6 Å². The highest BCUT2D eigenvalue weighted by molar-refractivity contribution is 7.89. The summed E-state index contributed by atoms with van der Waals surface area (Å²) >= 11 is 12.1. The van der Waals surface area contributed by atoms with Crippen LogP contribution in [0.4, 0.5) is 4.39 Å². The van der Waals surface area contributed by atoms with Crippen molar-refractivity contribution in [2.75, 3.05) is 6.54 Å². The zero-order valence-corrected chi connectivity index (χ0v) is 18.2. The third-order valence-corrected chi connectivity index (χ3v) is 8.38. The minimum atomic E-state index is -3.75. The summed E-state index contributed by atoms with van der Waals surface area (Å²) in [5.41, 5.74) is 4.07. The summed E-state index contributed by atoms with van der Waals surface area (Å²) in [4.78, 5) is 0.113. The number of sulfonamides is 1. The van der Waals surface area contributed by atoms with Crippen LogP contribution in [-0.4, -0.2) is 19.3 Å². The highest BCUT2D eigenvalue weighted by Gasteiger charge is 2.44. The maximum Gasteiger partial charge on any atom is 0.243 e. The normalized spacial score (nSPS) is 20.9. The quantitative estimate of drug-likeness (QED) is 0.450. The number of hydrogen-bond acceptors (Lipinski definition) is 2. The molecular weight excluding hydrogens is 444 g/mol. The van der Waals surface area contributed by atoms with E-state index in [1.807, 2.05) is 12.1 Å². The minimum Gasteiger partial charge on any atom is -0.207 e. The molecule has 3 aromatic carbocycles. The summed E-state index contributed by atoms with van der Waals surface area (Å²) < 4.78 is 41.8. The first-order valence-corrected chi connectivity index (χ1v) is 11.9. The molecule has 1 heterocycles. The Morgan fingerprint density at radius 3 is 2.23 bits per heavy atom. The fraction of sp³-hybridized carbons (Fsp3) is 0.217. The van der Waals surface area contributed by atoms with Gasteiger partial charge in [0.05, 0.1) is 10.9 Å². The second-order valence-corrected chi connectivity index (χ2v) is 10.6. The number of fused-ring (bicyclic) bond motifs is 5. The van der Waals surface area contributed by atoms with E-state index in [2.05, 4.69) is 6.07 Å².